The van der Waals surface area contributed by atoms with E-state index in [0.717, 1.165) is 15.6 Å². The van der Waals surface area contributed by atoms with Crippen molar-refractivity contribution in [1.29, 1.82) is 0 Å². The van der Waals surface area contributed by atoms with Gasteiger partial charge < -0.3 is 0 Å². The van der Waals surface area contributed by atoms with Crippen molar-refractivity contribution in [2.75, 3.05) is 5.88 Å². The van der Waals surface area contributed by atoms with E-state index < -0.39 is 0 Å². The van der Waals surface area contributed by atoms with E-state index in [0.29, 0.717) is 12.3 Å². The number of carbonyl (C=O) groups is 1. The molecule has 0 N–H and O–H groups in total. The molecule has 0 aliphatic heterocycles. The molecule has 0 spiro atoms. The third kappa shape index (κ3) is 4.18. The van der Waals surface area contributed by atoms with Gasteiger partial charge in [0.25, 0.3) is 0 Å². The van der Waals surface area contributed by atoms with Crippen molar-refractivity contribution in [3.05, 3.63) is 39.9 Å². The van der Waals surface area contributed by atoms with Crippen LogP contribution in [0.3, 0.4) is 0 Å². The molecule has 1 rings (SSSR count). The van der Waals surface area contributed by atoms with Crippen molar-refractivity contribution in [3.63, 3.8) is 0 Å². The summed E-state index contributed by atoms with van der Waals surface area (Å²) in [6.45, 7) is 1.57. The SMILES string of the molecule is CC(=O)/C(=C/c1ccc(Br)cc1)CCCl. The van der Waals surface area contributed by atoms with E-state index in [2.05, 4.69) is 15.9 Å². The Morgan fingerprint density at radius 1 is 1.40 bits per heavy atom. The minimum atomic E-state index is 0.0820. The average molecular weight is 288 g/mol. The Morgan fingerprint density at radius 2 is 2.00 bits per heavy atom. The molecule has 0 heterocycles. The van der Waals surface area contributed by atoms with E-state index in [9.17, 15) is 4.79 Å². The van der Waals surface area contributed by atoms with Crippen LogP contribution in [-0.2, 0) is 4.79 Å². The van der Waals surface area contributed by atoms with Crippen LogP contribution >= 0.6 is 27.5 Å². The van der Waals surface area contributed by atoms with Crippen molar-refractivity contribution in [2.24, 2.45) is 0 Å². The number of ketones is 1. The normalized spacial score (nSPS) is 11.5. The molecule has 0 saturated heterocycles. The van der Waals surface area contributed by atoms with Gasteiger partial charge in [0.2, 0.25) is 0 Å². The van der Waals surface area contributed by atoms with Gasteiger partial charge in [-0.25, -0.2) is 0 Å². The maximum Gasteiger partial charge on any atom is 0.155 e. The van der Waals surface area contributed by atoms with Crippen molar-refractivity contribution >= 4 is 39.4 Å². The van der Waals surface area contributed by atoms with E-state index in [1.807, 2.05) is 30.3 Å². The van der Waals surface area contributed by atoms with Crippen LogP contribution in [0.5, 0.6) is 0 Å². The molecule has 1 aromatic carbocycles. The number of hydrogen-bond donors (Lipinski definition) is 0. The number of alkyl halides is 1. The Kier molecular flexibility index (Phi) is 5.06. The maximum atomic E-state index is 11.3. The van der Waals surface area contributed by atoms with E-state index in [4.69, 9.17) is 11.6 Å². The monoisotopic (exact) mass is 286 g/mol. The number of carbonyl (C=O) groups excluding carboxylic acids is 1. The lowest BCUT2D eigenvalue weighted by Crippen LogP contribution is -1.97. The summed E-state index contributed by atoms with van der Waals surface area (Å²) in [6, 6.07) is 7.82. The fourth-order valence-corrected chi connectivity index (χ4v) is 1.68. The number of halogens is 2. The molecule has 0 bridgehead atoms. The Hall–Kier alpha value is -0.600. The number of rotatable bonds is 4. The van der Waals surface area contributed by atoms with Gasteiger partial charge in [-0.2, -0.15) is 0 Å². The lowest BCUT2D eigenvalue weighted by atomic mass is 10.1. The minimum Gasteiger partial charge on any atom is -0.295 e. The number of benzene rings is 1. The van der Waals surface area contributed by atoms with Crippen LogP contribution in [-0.4, -0.2) is 11.7 Å². The molecule has 3 heteroatoms. The zero-order valence-corrected chi connectivity index (χ0v) is 10.8. The van der Waals surface area contributed by atoms with Crippen molar-refractivity contribution in [3.8, 4) is 0 Å². The summed E-state index contributed by atoms with van der Waals surface area (Å²) in [4.78, 5) is 11.3. The van der Waals surface area contributed by atoms with Gasteiger partial charge in [0.1, 0.15) is 0 Å². The van der Waals surface area contributed by atoms with Gasteiger partial charge >= 0.3 is 0 Å². The molecule has 0 aromatic heterocycles. The third-order valence-electron chi connectivity index (χ3n) is 2.03. The predicted molar refractivity (Wildman–Crippen MR) is 68.1 cm³/mol. The lowest BCUT2D eigenvalue weighted by molar-refractivity contribution is -0.113. The molecule has 0 amide bonds. The summed E-state index contributed by atoms with van der Waals surface area (Å²) in [5, 5.41) is 0. The number of hydrogen-bond acceptors (Lipinski definition) is 1. The molecular weight excluding hydrogens is 275 g/mol. The quantitative estimate of drug-likeness (QED) is 0.603. The number of allylic oxidation sites excluding steroid dienone is 1. The van der Waals surface area contributed by atoms with E-state index in [-0.39, 0.29) is 5.78 Å². The average Bonchev–Trinajstić information content (AvgIpc) is 2.20. The molecule has 80 valence electrons. The van der Waals surface area contributed by atoms with Crippen LogP contribution in [0.15, 0.2) is 34.3 Å². The second-order valence-corrected chi connectivity index (χ2v) is 4.51. The molecule has 0 fully saturated rings. The summed E-state index contributed by atoms with van der Waals surface area (Å²) in [7, 11) is 0. The summed E-state index contributed by atoms with van der Waals surface area (Å²) in [5.74, 6) is 0.556. The first-order valence-electron chi connectivity index (χ1n) is 4.66. The summed E-state index contributed by atoms with van der Waals surface area (Å²) in [6.07, 6.45) is 2.50. The van der Waals surface area contributed by atoms with Crippen LogP contribution in [0.4, 0.5) is 0 Å². The van der Waals surface area contributed by atoms with E-state index in [1.165, 1.54) is 0 Å². The van der Waals surface area contributed by atoms with E-state index >= 15 is 0 Å². The highest BCUT2D eigenvalue weighted by Crippen LogP contribution is 2.15. The first-order chi connectivity index (χ1) is 7.13. The van der Waals surface area contributed by atoms with Gasteiger partial charge in [0.05, 0.1) is 0 Å². The summed E-state index contributed by atoms with van der Waals surface area (Å²) in [5.41, 5.74) is 1.79. The zero-order valence-electron chi connectivity index (χ0n) is 8.47. The van der Waals surface area contributed by atoms with Gasteiger partial charge in [-0.1, -0.05) is 28.1 Å². The second kappa shape index (κ2) is 6.09. The molecule has 15 heavy (non-hydrogen) atoms. The molecule has 0 radical (unpaired) electrons. The molecule has 1 nitrogen and oxygen atoms in total. The number of Topliss-reactive ketones (excluding diaryl/α,β-unsaturated/α-hetero) is 1. The summed E-state index contributed by atoms with van der Waals surface area (Å²) >= 11 is 8.99. The van der Waals surface area contributed by atoms with E-state index in [1.54, 1.807) is 6.92 Å². The highest BCUT2D eigenvalue weighted by Gasteiger charge is 2.02. The van der Waals surface area contributed by atoms with Crippen molar-refractivity contribution in [1.82, 2.24) is 0 Å². The minimum absolute atomic E-state index is 0.0820. The largest absolute Gasteiger partial charge is 0.295 e. The van der Waals surface area contributed by atoms with Crippen LogP contribution in [0.2, 0.25) is 0 Å². The molecule has 0 saturated carbocycles. The van der Waals surface area contributed by atoms with Crippen LogP contribution < -0.4 is 0 Å². The Labute approximate surface area is 103 Å². The fourth-order valence-electron chi connectivity index (χ4n) is 1.21. The fraction of sp³-hybridized carbons (Fsp3) is 0.250. The van der Waals surface area contributed by atoms with Crippen molar-refractivity contribution < 1.29 is 4.79 Å². The third-order valence-corrected chi connectivity index (χ3v) is 2.74. The smallest absolute Gasteiger partial charge is 0.155 e. The summed E-state index contributed by atoms with van der Waals surface area (Å²) < 4.78 is 1.03. The highest BCUT2D eigenvalue weighted by molar-refractivity contribution is 9.10. The lowest BCUT2D eigenvalue weighted by Gasteiger charge is -2.01. The van der Waals surface area contributed by atoms with Gasteiger partial charge in [0, 0.05) is 10.4 Å². The van der Waals surface area contributed by atoms with Crippen LogP contribution in [0.25, 0.3) is 6.08 Å². The maximum absolute atomic E-state index is 11.3. The van der Waals surface area contributed by atoms with Gasteiger partial charge in [-0.05, 0) is 42.7 Å². The predicted octanol–water partition coefficient (Wildman–Crippen LogP) is 4.05. The zero-order chi connectivity index (χ0) is 11.3. The van der Waals surface area contributed by atoms with Crippen LogP contribution in [0, 0.1) is 0 Å². The molecule has 0 aliphatic carbocycles. The highest BCUT2D eigenvalue weighted by atomic mass is 79.9. The Bertz CT molecular complexity index is 368. The van der Waals surface area contributed by atoms with Gasteiger partial charge in [0.15, 0.2) is 5.78 Å². The standard InChI is InChI=1S/C12H12BrClO/c1-9(15)11(6-7-14)8-10-2-4-12(13)5-3-10/h2-5,8H,6-7H2,1H3/b11-8+. The molecule has 0 aliphatic rings. The topological polar surface area (TPSA) is 17.1 Å². The Balaban J connectivity index is 2.91. The van der Waals surface area contributed by atoms with Crippen molar-refractivity contribution in [2.45, 2.75) is 13.3 Å². The molecule has 0 unspecified atom stereocenters. The van der Waals surface area contributed by atoms with Crippen LogP contribution in [0.1, 0.15) is 18.9 Å². The molecule has 1 aromatic rings. The van der Waals surface area contributed by atoms with Gasteiger partial charge in [-0.3, -0.25) is 4.79 Å². The first-order valence-corrected chi connectivity index (χ1v) is 5.99. The second-order valence-electron chi connectivity index (χ2n) is 3.22. The first kappa shape index (κ1) is 12.5. The van der Waals surface area contributed by atoms with Gasteiger partial charge in [-0.15, -0.1) is 11.6 Å². The molecule has 0 atom stereocenters. The Morgan fingerprint density at radius 3 is 2.47 bits per heavy atom. The molecular formula is C12H12BrClO.